The molecule has 0 aromatic heterocycles. The van der Waals surface area contributed by atoms with Gasteiger partial charge in [0.2, 0.25) is 0 Å². The molecule has 1 aliphatic rings. The molecule has 28 heavy (non-hydrogen) atoms. The van der Waals surface area contributed by atoms with Gasteiger partial charge >= 0.3 is 0 Å². The van der Waals surface area contributed by atoms with E-state index < -0.39 is 24.1 Å². The summed E-state index contributed by atoms with van der Waals surface area (Å²) in [5.74, 6) is -0.351. The quantitative estimate of drug-likeness (QED) is 0.326. The van der Waals surface area contributed by atoms with Gasteiger partial charge in [-0.2, -0.15) is 4.40 Å². The number of benzene rings is 1. The summed E-state index contributed by atoms with van der Waals surface area (Å²) in [6.07, 6.45) is 2.33. The molecular formula is C21H33BrFNO2SSi. The number of nitrogens with zero attached hydrogens (tertiary/aromatic N) is 1. The molecule has 1 atom stereocenters. The first-order valence-corrected chi connectivity index (χ1v) is 14.5. The Bertz CT molecular complexity index is 793. The molecule has 0 radical (unpaired) electrons. The lowest BCUT2D eigenvalue weighted by Crippen LogP contribution is -2.45. The van der Waals surface area contributed by atoms with Gasteiger partial charge in [-0.05, 0) is 69.9 Å². The van der Waals surface area contributed by atoms with E-state index in [1.54, 1.807) is 12.1 Å². The van der Waals surface area contributed by atoms with Crippen molar-refractivity contribution in [2.45, 2.75) is 89.3 Å². The van der Waals surface area contributed by atoms with E-state index in [2.05, 4.69) is 54.2 Å². The van der Waals surface area contributed by atoms with Crippen LogP contribution in [-0.4, -0.2) is 28.6 Å². The smallest absolute Gasteiger partial charge is 0.192 e. The second kappa shape index (κ2) is 8.04. The molecule has 0 amide bonds. The third kappa shape index (κ3) is 5.83. The van der Waals surface area contributed by atoms with Crippen molar-refractivity contribution in [2.75, 3.05) is 0 Å². The highest BCUT2D eigenvalue weighted by Gasteiger charge is 2.52. The van der Waals surface area contributed by atoms with Crippen LogP contribution in [-0.2, 0) is 15.4 Å². The molecule has 0 heterocycles. The first-order chi connectivity index (χ1) is 12.6. The van der Waals surface area contributed by atoms with Crippen molar-refractivity contribution in [3.05, 3.63) is 34.1 Å². The zero-order valence-electron chi connectivity index (χ0n) is 18.3. The summed E-state index contributed by atoms with van der Waals surface area (Å²) in [4.78, 5) is 0. The number of hydrogen-bond donors (Lipinski definition) is 0. The Balaban J connectivity index is 2.43. The molecule has 0 aliphatic heterocycles. The van der Waals surface area contributed by atoms with E-state index in [9.17, 15) is 8.60 Å². The van der Waals surface area contributed by atoms with Crippen LogP contribution in [0.2, 0.25) is 18.1 Å². The van der Waals surface area contributed by atoms with Gasteiger partial charge in [0, 0.05) is 16.5 Å². The van der Waals surface area contributed by atoms with Gasteiger partial charge in [0.05, 0.1) is 16.1 Å². The molecule has 1 fully saturated rings. The summed E-state index contributed by atoms with van der Waals surface area (Å²) < 4.78 is 38.9. The Labute approximate surface area is 181 Å². The molecule has 158 valence electrons. The first kappa shape index (κ1) is 23.9. The summed E-state index contributed by atoms with van der Waals surface area (Å²) in [7, 11) is -3.45. The minimum absolute atomic E-state index is 0.0924. The topological polar surface area (TPSA) is 38.7 Å². The predicted molar refractivity (Wildman–Crippen MR) is 123 cm³/mol. The average Bonchev–Trinajstić information content (AvgIpc) is 3.25. The van der Waals surface area contributed by atoms with Gasteiger partial charge < -0.3 is 4.43 Å². The minimum Gasteiger partial charge on any atom is -0.411 e. The Morgan fingerprint density at radius 1 is 1.25 bits per heavy atom. The largest absolute Gasteiger partial charge is 0.411 e. The van der Waals surface area contributed by atoms with E-state index in [1.807, 2.05) is 20.8 Å². The van der Waals surface area contributed by atoms with Crippen LogP contribution in [0, 0.1) is 5.82 Å². The maximum Gasteiger partial charge on any atom is 0.192 e. The molecule has 0 saturated heterocycles. The standard InChI is InChI=1S/C21H33BrFNO2SSi/c1-19(2,3)27(25)24-18(16-13-15(22)9-10-17(16)23)14-21(11-12-21)26-28(7,8)20(4,5)6/h9-10,13H,11-12,14H2,1-8H3/b24-18-/t27-/m1/s1. The lowest BCUT2D eigenvalue weighted by Gasteiger charge is -2.39. The van der Waals surface area contributed by atoms with Crippen molar-refractivity contribution in [1.29, 1.82) is 0 Å². The average molecular weight is 491 g/mol. The molecular weight excluding hydrogens is 457 g/mol. The second-order valence-electron chi connectivity index (χ2n) is 10.2. The lowest BCUT2D eigenvalue weighted by atomic mass is 10.0. The van der Waals surface area contributed by atoms with Gasteiger partial charge in [0.15, 0.2) is 8.32 Å². The highest BCUT2D eigenvalue weighted by molar-refractivity contribution is 9.10. The van der Waals surface area contributed by atoms with Crippen molar-refractivity contribution in [3.8, 4) is 0 Å². The van der Waals surface area contributed by atoms with E-state index >= 15 is 0 Å². The van der Waals surface area contributed by atoms with Crippen LogP contribution in [0.4, 0.5) is 4.39 Å². The Morgan fingerprint density at radius 2 is 1.82 bits per heavy atom. The summed E-state index contributed by atoms with van der Waals surface area (Å²) in [5.41, 5.74) is 0.610. The van der Waals surface area contributed by atoms with E-state index in [0.29, 0.717) is 17.7 Å². The molecule has 7 heteroatoms. The summed E-state index contributed by atoms with van der Waals surface area (Å²) in [6.45, 7) is 16.7. The number of halogens is 2. The summed E-state index contributed by atoms with van der Waals surface area (Å²) >= 11 is 3.42. The SMILES string of the molecule is CC(C)(C)[S@@](=O)/N=C(/CC1(O[Si](C)(C)C(C)(C)C)CC1)c1cc(Br)ccc1F. The van der Waals surface area contributed by atoms with Crippen LogP contribution in [0.1, 0.15) is 66.4 Å². The Hall–Kier alpha value is -0.373. The van der Waals surface area contributed by atoms with Crippen LogP contribution < -0.4 is 0 Å². The fraction of sp³-hybridized carbons (Fsp3) is 0.667. The zero-order chi connectivity index (χ0) is 21.5. The Kier molecular flexibility index (Phi) is 6.87. The van der Waals surface area contributed by atoms with Crippen molar-refractivity contribution in [1.82, 2.24) is 0 Å². The second-order valence-corrected chi connectivity index (χ2v) is 17.8. The van der Waals surface area contributed by atoms with Crippen LogP contribution in [0.25, 0.3) is 0 Å². The molecule has 0 N–H and O–H groups in total. The molecule has 1 aromatic carbocycles. The van der Waals surface area contributed by atoms with Gasteiger partial charge in [-0.15, -0.1) is 0 Å². The molecule has 1 aromatic rings. The van der Waals surface area contributed by atoms with E-state index in [1.165, 1.54) is 6.07 Å². The van der Waals surface area contributed by atoms with Crippen LogP contribution in [0.5, 0.6) is 0 Å². The summed E-state index contributed by atoms with van der Waals surface area (Å²) in [6, 6.07) is 4.80. The molecule has 0 bridgehead atoms. The van der Waals surface area contributed by atoms with Crippen molar-refractivity contribution < 1.29 is 13.0 Å². The lowest BCUT2D eigenvalue weighted by molar-refractivity contribution is 0.166. The van der Waals surface area contributed by atoms with E-state index in [-0.39, 0.29) is 16.5 Å². The Morgan fingerprint density at radius 3 is 2.29 bits per heavy atom. The normalized spacial score (nSPS) is 18.9. The van der Waals surface area contributed by atoms with E-state index in [0.717, 1.165) is 17.3 Å². The van der Waals surface area contributed by atoms with Crippen molar-refractivity contribution in [3.63, 3.8) is 0 Å². The van der Waals surface area contributed by atoms with Gasteiger partial charge in [0.25, 0.3) is 0 Å². The molecule has 2 rings (SSSR count). The highest BCUT2D eigenvalue weighted by atomic mass is 79.9. The molecule has 1 saturated carbocycles. The first-order valence-electron chi connectivity index (χ1n) is 9.72. The monoisotopic (exact) mass is 489 g/mol. The van der Waals surface area contributed by atoms with Crippen molar-refractivity contribution in [2.24, 2.45) is 4.40 Å². The summed E-state index contributed by atoms with van der Waals surface area (Å²) in [5, 5.41) is 0.0924. The molecule has 1 aliphatic carbocycles. The third-order valence-corrected chi connectivity index (χ3v) is 12.0. The molecule has 3 nitrogen and oxygen atoms in total. The van der Waals surface area contributed by atoms with Crippen molar-refractivity contribution >= 4 is 40.9 Å². The third-order valence-electron chi connectivity index (χ3n) is 5.53. The van der Waals surface area contributed by atoms with Crippen LogP contribution in [0.3, 0.4) is 0 Å². The number of rotatable bonds is 6. The van der Waals surface area contributed by atoms with Gasteiger partial charge in [-0.1, -0.05) is 36.7 Å². The zero-order valence-corrected chi connectivity index (χ0v) is 21.7. The molecule has 0 unspecified atom stereocenters. The fourth-order valence-electron chi connectivity index (χ4n) is 2.59. The van der Waals surface area contributed by atoms with Crippen LogP contribution in [0.15, 0.2) is 27.1 Å². The maximum absolute atomic E-state index is 14.7. The van der Waals surface area contributed by atoms with Gasteiger partial charge in [0.1, 0.15) is 16.8 Å². The highest BCUT2D eigenvalue weighted by Crippen LogP contribution is 2.50. The minimum atomic E-state index is -1.98. The maximum atomic E-state index is 14.7. The predicted octanol–water partition coefficient (Wildman–Crippen LogP) is 6.78. The van der Waals surface area contributed by atoms with Gasteiger partial charge in [-0.25, -0.2) is 8.60 Å². The van der Waals surface area contributed by atoms with Crippen LogP contribution >= 0.6 is 15.9 Å². The van der Waals surface area contributed by atoms with E-state index in [4.69, 9.17) is 4.43 Å². The fourth-order valence-corrected chi connectivity index (χ4v) is 5.25. The molecule has 0 spiro atoms. The van der Waals surface area contributed by atoms with Gasteiger partial charge in [-0.3, -0.25) is 0 Å². The number of hydrogen-bond acceptors (Lipinski definition) is 2.